The molecule has 176 valence electrons. The Hall–Kier alpha value is -3.65. The molecule has 1 atom stereocenters. The maximum Gasteiger partial charge on any atom is 0.332 e. The van der Waals surface area contributed by atoms with Gasteiger partial charge in [0.15, 0.2) is 0 Å². The van der Waals surface area contributed by atoms with Gasteiger partial charge in [0, 0.05) is 10.6 Å². The molecular formula is C26H27N3O4S. The predicted molar refractivity (Wildman–Crippen MR) is 133 cm³/mol. The number of hydrogen-bond donors (Lipinski definition) is 1. The summed E-state index contributed by atoms with van der Waals surface area (Å²) in [7, 11) is 0. The van der Waals surface area contributed by atoms with E-state index in [0.717, 1.165) is 22.6 Å². The topological polar surface area (TPSA) is 79.0 Å². The Labute approximate surface area is 202 Å². The van der Waals surface area contributed by atoms with E-state index >= 15 is 0 Å². The molecule has 1 saturated heterocycles. The second-order valence-corrected chi connectivity index (χ2v) is 9.18. The van der Waals surface area contributed by atoms with Crippen molar-refractivity contribution in [1.82, 2.24) is 4.90 Å². The smallest absolute Gasteiger partial charge is 0.332 e. The number of aryl methyl sites for hydroxylation is 1. The molecule has 34 heavy (non-hydrogen) atoms. The molecule has 4 rings (SSSR count). The summed E-state index contributed by atoms with van der Waals surface area (Å²) in [6.45, 7) is 4.83. The Balaban J connectivity index is 1.51. The SMILES string of the molecule is CCCOc1ccc(NC(=O)C[C@H]2C(=O)N(c3cccc(C)c3)C(=O)N2Cc2cccs2)cc1. The van der Waals surface area contributed by atoms with Crippen molar-refractivity contribution in [1.29, 1.82) is 0 Å². The molecule has 2 aromatic carbocycles. The fourth-order valence-electron chi connectivity index (χ4n) is 3.83. The summed E-state index contributed by atoms with van der Waals surface area (Å²) in [4.78, 5) is 43.2. The molecule has 8 heteroatoms. The first-order valence-electron chi connectivity index (χ1n) is 11.2. The van der Waals surface area contributed by atoms with E-state index in [-0.39, 0.29) is 18.9 Å². The van der Waals surface area contributed by atoms with E-state index in [1.54, 1.807) is 36.4 Å². The van der Waals surface area contributed by atoms with Crippen molar-refractivity contribution in [3.05, 3.63) is 76.5 Å². The van der Waals surface area contributed by atoms with Crippen LogP contribution in [0.4, 0.5) is 16.2 Å². The molecule has 0 saturated carbocycles. The lowest BCUT2D eigenvalue weighted by molar-refractivity contribution is -0.124. The van der Waals surface area contributed by atoms with Crippen LogP contribution in [0, 0.1) is 6.92 Å². The van der Waals surface area contributed by atoms with Crippen LogP contribution in [0.3, 0.4) is 0 Å². The zero-order valence-electron chi connectivity index (χ0n) is 19.2. The number of nitrogens with one attached hydrogen (secondary N) is 1. The number of nitrogens with zero attached hydrogens (tertiary/aromatic N) is 2. The normalized spacial score (nSPS) is 15.6. The van der Waals surface area contributed by atoms with Gasteiger partial charge in [-0.1, -0.05) is 25.1 Å². The van der Waals surface area contributed by atoms with Crippen molar-refractivity contribution < 1.29 is 19.1 Å². The van der Waals surface area contributed by atoms with E-state index in [1.807, 2.05) is 43.5 Å². The minimum absolute atomic E-state index is 0.133. The molecule has 1 aliphatic rings. The highest BCUT2D eigenvalue weighted by molar-refractivity contribution is 7.09. The number of carbonyl (C=O) groups is 3. The first-order chi connectivity index (χ1) is 16.5. The van der Waals surface area contributed by atoms with Crippen LogP contribution >= 0.6 is 11.3 Å². The molecule has 0 radical (unpaired) electrons. The lowest BCUT2D eigenvalue weighted by atomic mass is 10.1. The van der Waals surface area contributed by atoms with Gasteiger partial charge in [-0.2, -0.15) is 0 Å². The van der Waals surface area contributed by atoms with E-state index < -0.39 is 18.0 Å². The fraction of sp³-hybridized carbons (Fsp3) is 0.269. The molecule has 1 fully saturated rings. The summed E-state index contributed by atoms with van der Waals surface area (Å²) in [6, 6.07) is 16.8. The standard InChI is InChI=1S/C26H27N3O4S/c1-3-13-33-21-11-9-19(10-12-21)27-24(30)16-23-25(31)29(20-7-4-6-18(2)15-20)26(32)28(23)17-22-8-5-14-34-22/h4-12,14-15,23H,3,13,16-17H2,1-2H3,(H,27,30)/t23-/m0/s1. The fourth-order valence-corrected chi connectivity index (χ4v) is 4.53. The molecule has 0 aliphatic carbocycles. The molecule has 1 aromatic heterocycles. The van der Waals surface area contributed by atoms with E-state index in [9.17, 15) is 14.4 Å². The van der Waals surface area contributed by atoms with Crippen LogP contribution in [0.5, 0.6) is 5.75 Å². The lowest BCUT2D eigenvalue weighted by Gasteiger charge is -2.21. The average Bonchev–Trinajstić information content (AvgIpc) is 3.41. The van der Waals surface area contributed by atoms with E-state index in [4.69, 9.17) is 4.74 Å². The maximum absolute atomic E-state index is 13.4. The van der Waals surface area contributed by atoms with Gasteiger partial charge in [-0.05, 0) is 66.8 Å². The Bertz CT molecular complexity index is 1160. The molecule has 0 unspecified atom stereocenters. The molecule has 1 N–H and O–H groups in total. The number of anilines is 2. The Kier molecular flexibility index (Phi) is 7.27. The molecule has 7 nitrogen and oxygen atoms in total. The Morgan fingerprint density at radius 2 is 1.88 bits per heavy atom. The highest BCUT2D eigenvalue weighted by Crippen LogP contribution is 2.30. The van der Waals surface area contributed by atoms with Gasteiger partial charge in [0.25, 0.3) is 5.91 Å². The van der Waals surface area contributed by atoms with Crippen molar-refractivity contribution in [3.8, 4) is 5.75 Å². The van der Waals surface area contributed by atoms with E-state index in [0.29, 0.717) is 18.0 Å². The van der Waals surface area contributed by atoms with Crippen molar-refractivity contribution in [2.24, 2.45) is 0 Å². The average molecular weight is 478 g/mol. The summed E-state index contributed by atoms with van der Waals surface area (Å²) in [6.07, 6.45) is 0.778. The number of hydrogen-bond acceptors (Lipinski definition) is 5. The first kappa shape index (κ1) is 23.5. The number of rotatable bonds is 9. The molecule has 2 heterocycles. The quantitative estimate of drug-likeness (QED) is 0.429. The highest BCUT2D eigenvalue weighted by atomic mass is 32.1. The van der Waals surface area contributed by atoms with Gasteiger partial charge in [0.05, 0.1) is 25.3 Å². The van der Waals surface area contributed by atoms with Gasteiger partial charge in [-0.3, -0.25) is 9.59 Å². The van der Waals surface area contributed by atoms with Crippen molar-refractivity contribution in [2.75, 3.05) is 16.8 Å². The number of thiophene rings is 1. The van der Waals surface area contributed by atoms with Gasteiger partial charge in [-0.15, -0.1) is 11.3 Å². The maximum atomic E-state index is 13.4. The van der Waals surface area contributed by atoms with E-state index in [1.165, 1.54) is 21.1 Å². The number of ether oxygens (including phenoxy) is 1. The number of imide groups is 1. The number of urea groups is 1. The van der Waals surface area contributed by atoms with Crippen LogP contribution in [-0.2, 0) is 16.1 Å². The molecule has 3 aromatic rings. The lowest BCUT2D eigenvalue weighted by Crippen LogP contribution is -2.37. The minimum Gasteiger partial charge on any atom is -0.494 e. The van der Waals surface area contributed by atoms with Crippen LogP contribution in [0.25, 0.3) is 0 Å². The van der Waals surface area contributed by atoms with Crippen molar-refractivity contribution in [3.63, 3.8) is 0 Å². The summed E-state index contributed by atoms with van der Waals surface area (Å²) < 4.78 is 5.57. The van der Waals surface area contributed by atoms with Gasteiger partial charge >= 0.3 is 6.03 Å². The summed E-state index contributed by atoms with van der Waals surface area (Å²) in [5, 5.41) is 4.75. The van der Waals surface area contributed by atoms with Crippen LogP contribution in [0.1, 0.15) is 30.2 Å². The molecule has 4 amide bonds. The van der Waals surface area contributed by atoms with Crippen molar-refractivity contribution in [2.45, 2.75) is 39.3 Å². The van der Waals surface area contributed by atoms with Crippen LogP contribution in [0.15, 0.2) is 66.0 Å². The van der Waals surface area contributed by atoms with Gasteiger partial charge in [0.2, 0.25) is 5.91 Å². The predicted octanol–water partition coefficient (Wildman–Crippen LogP) is 5.21. The highest BCUT2D eigenvalue weighted by Gasteiger charge is 2.46. The third-order valence-corrected chi connectivity index (χ3v) is 6.34. The third-order valence-electron chi connectivity index (χ3n) is 5.47. The van der Waals surface area contributed by atoms with Crippen LogP contribution < -0.4 is 15.0 Å². The monoisotopic (exact) mass is 477 g/mol. The second-order valence-electron chi connectivity index (χ2n) is 8.14. The van der Waals surface area contributed by atoms with Crippen molar-refractivity contribution >= 4 is 40.6 Å². The Morgan fingerprint density at radius 1 is 1.09 bits per heavy atom. The number of benzene rings is 2. The van der Waals surface area contributed by atoms with Gasteiger partial charge in [-0.25, -0.2) is 9.69 Å². The molecule has 1 aliphatic heterocycles. The van der Waals surface area contributed by atoms with E-state index in [2.05, 4.69) is 5.32 Å². The first-order valence-corrected chi connectivity index (χ1v) is 12.1. The zero-order chi connectivity index (χ0) is 24.1. The minimum atomic E-state index is -0.887. The third kappa shape index (κ3) is 5.28. The summed E-state index contributed by atoms with van der Waals surface area (Å²) >= 11 is 1.51. The number of carbonyl (C=O) groups excluding carboxylic acids is 3. The molecular weight excluding hydrogens is 450 g/mol. The van der Waals surface area contributed by atoms with Crippen LogP contribution in [-0.4, -0.2) is 35.4 Å². The summed E-state index contributed by atoms with van der Waals surface area (Å²) in [5.74, 6) is -0.00592. The van der Waals surface area contributed by atoms with Crippen LogP contribution in [0.2, 0.25) is 0 Å². The molecule has 0 spiro atoms. The Morgan fingerprint density at radius 3 is 2.56 bits per heavy atom. The largest absolute Gasteiger partial charge is 0.494 e. The van der Waals surface area contributed by atoms with Gasteiger partial charge in [0.1, 0.15) is 11.8 Å². The second kappa shape index (κ2) is 10.5. The zero-order valence-corrected chi connectivity index (χ0v) is 20.0. The summed E-state index contributed by atoms with van der Waals surface area (Å²) in [5.41, 5.74) is 2.05. The molecule has 0 bridgehead atoms. The number of amides is 4. The van der Waals surface area contributed by atoms with Gasteiger partial charge < -0.3 is 15.0 Å².